The Balaban J connectivity index is 1.76. The van der Waals surface area contributed by atoms with Crippen molar-refractivity contribution < 1.29 is 13.9 Å². The first-order chi connectivity index (χ1) is 7.36. The summed E-state index contributed by atoms with van der Waals surface area (Å²) < 4.78 is 10.3. The molecule has 82 valence electrons. The van der Waals surface area contributed by atoms with Crippen molar-refractivity contribution >= 4 is 6.03 Å². The third-order valence-electron chi connectivity index (χ3n) is 2.29. The van der Waals surface area contributed by atoms with Gasteiger partial charge < -0.3 is 19.4 Å². The second-order valence-corrected chi connectivity index (χ2v) is 3.34. The van der Waals surface area contributed by atoms with Crippen LogP contribution in [-0.2, 0) is 11.3 Å². The van der Waals surface area contributed by atoms with E-state index < -0.39 is 0 Å². The third-order valence-corrected chi connectivity index (χ3v) is 2.29. The largest absolute Gasteiger partial charge is 0.467 e. The normalized spacial score (nSPS) is 16.4. The van der Waals surface area contributed by atoms with Crippen molar-refractivity contribution in [2.45, 2.75) is 6.54 Å². The molecule has 2 amide bonds. The highest BCUT2D eigenvalue weighted by Gasteiger charge is 2.16. The summed E-state index contributed by atoms with van der Waals surface area (Å²) >= 11 is 0. The molecule has 0 bridgehead atoms. The van der Waals surface area contributed by atoms with E-state index in [0.717, 1.165) is 5.76 Å². The monoisotopic (exact) mass is 210 g/mol. The topological polar surface area (TPSA) is 54.7 Å². The lowest BCUT2D eigenvalue weighted by atomic mass is 10.4. The Morgan fingerprint density at radius 3 is 2.93 bits per heavy atom. The van der Waals surface area contributed by atoms with Gasteiger partial charge in [-0.3, -0.25) is 0 Å². The van der Waals surface area contributed by atoms with E-state index in [-0.39, 0.29) is 6.03 Å². The highest BCUT2D eigenvalue weighted by atomic mass is 16.5. The first-order valence-electron chi connectivity index (χ1n) is 4.99. The summed E-state index contributed by atoms with van der Waals surface area (Å²) in [7, 11) is 0. The molecule has 0 spiro atoms. The zero-order chi connectivity index (χ0) is 10.5. The molecule has 0 unspecified atom stereocenters. The highest BCUT2D eigenvalue weighted by molar-refractivity contribution is 5.74. The van der Waals surface area contributed by atoms with Gasteiger partial charge in [0.25, 0.3) is 0 Å². The molecule has 0 atom stereocenters. The number of morpholine rings is 1. The fourth-order valence-electron chi connectivity index (χ4n) is 1.45. The Hall–Kier alpha value is -1.49. The smallest absolute Gasteiger partial charge is 0.317 e. The van der Waals surface area contributed by atoms with Gasteiger partial charge in [-0.1, -0.05) is 0 Å². The van der Waals surface area contributed by atoms with E-state index in [9.17, 15) is 4.79 Å². The van der Waals surface area contributed by atoms with E-state index in [0.29, 0.717) is 32.8 Å². The quantitative estimate of drug-likeness (QED) is 0.786. The molecule has 0 aromatic carbocycles. The van der Waals surface area contributed by atoms with E-state index >= 15 is 0 Å². The third kappa shape index (κ3) is 2.73. The van der Waals surface area contributed by atoms with Crippen LogP contribution in [0.2, 0.25) is 0 Å². The number of amides is 2. The molecule has 1 aliphatic heterocycles. The van der Waals surface area contributed by atoms with Crippen LogP contribution in [0.3, 0.4) is 0 Å². The lowest BCUT2D eigenvalue weighted by molar-refractivity contribution is 0.0530. The molecule has 2 heterocycles. The van der Waals surface area contributed by atoms with Crippen LogP contribution in [0.1, 0.15) is 5.76 Å². The summed E-state index contributed by atoms with van der Waals surface area (Å²) in [6.07, 6.45) is 1.59. The summed E-state index contributed by atoms with van der Waals surface area (Å²) in [4.78, 5) is 13.4. The lowest BCUT2D eigenvalue weighted by Gasteiger charge is -2.26. The number of hydrogen-bond donors (Lipinski definition) is 1. The van der Waals surface area contributed by atoms with Crippen LogP contribution in [0.4, 0.5) is 4.79 Å². The minimum Gasteiger partial charge on any atom is -0.467 e. The molecule has 0 aliphatic carbocycles. The predicted octanol–water partition coefficient (Wildman–Crippen LogP) is 0.821. The van der Waals surface area contributed by atoms with E-state index in [1.54, 1.807) is 17.2 Å². The lowest BCUT2D eigenvalue weighted by Crippen LogP contribution is -2.45. The maximum atomic E-state index is 11.6. The zero-order valence-electron chi connectivity index (χ0n) is 8.44. The minimum absolute atomic E-state index is 0.0605. The number of carbonyl (C=O) groups excluding carboxylic acids is 1. The van der Waals surface area contributed by atoms with Crippen molar-refractivity contribution in [1.82, 2.24) is 10.2 Å². The minimum atomic E-state index is -0.0605. The Morgan fingerprint density at radius 1 is 1.47 bits per heavy atom. The average Bonchev–Trinajstić information content (AvgIpc) is 2.80. The van der Waals surface area contributed by atoms with Gasteiger partial charge in [-0.05, 0) is 12.1 Å². The molecule has 0 saturated carbocycles. The van der Waals surface area contributed by atoms with Crippen LogP contribution < -0.4 is 5.32 Å². The predicted molar refractivity (Wildman–Crippen MR) is 53.3 cm³/mol. The van der Waals surface area contributed by atoms with Gasteiger partial charge in [0.15, 0.2) is 0 Å². The SMILES string of the molecule is O=C(NCc1ccco1)N1CCOCC1. The van der Waals surface area contributed by atoms with Crippen molar-refractivity contribution in [2.75, 3.05) is 26.3 Å². The van der Waals surface area contributed by atoms with E-state index in [1.807, 2.05) is 6.07 Å². The van der Waals surface area contributed by atoms with Gasteiger partial charge in [0.2, 0.25) is 0 Å². The molecule has 1 aliphatic rings. The molecular weight excluding hydrogens is 196 g/mol. The number of nitrogens with one attached hydrogen (secondary N) is 1. The fourth-order valence-corrected chi connectivity index (χ4v) is 1.45. The molecule has 1 fully saturated rings. The standard InChI is InChI=1S/C10H14N2O3/c13-10(12-3-6-14-7-4-12)11-8-9-2-1-5-15-9/h1-2,5H,3-4,6-8H2,(H,11,13). The highest BCUT2D eigenvalue weighted by Crippen LogP contribution is 2.01. The van der Waals surface area contributed by atoms with Crippen LogP contribution in [0.5, 0.6) is 0 Å². The van der Waals surface area contributed by atoms with Gasteiger partial charge in [0, 0.05) is 13.1 Å². The van der Waals surface area contributed by atoms with Crippen molar-refractivity contribution in [3.05, 3.63) is 24.2 Å². The maximum absolute atomic E-state index is 11.6. The summed E-state index contributed by atoms with van der Waals surface area (Å²) in [5.74, 6) is 0.761. The van der Waals surface area contributed by atoms with Gasteiger partial charge in [0.1, 0.15) is 5.76 Å². The number of urea groups is 1. The van der Waals surface area contributed by atoms with Crippen molar-refractivity contribution in [3.8, 4) is 0 Å². The van der Waals surface area contributed by atoms with E-state index in [1.165, 1.54) is 0 Å². The second kappa shape index (κ2) is 4.84. The van der Waals surface area contributed by atoms with E-state index in [4.69, 9.17) is 9.15 Å². The molecule has 1 aromatic rings. The van der Waals surface area contributed by atoms with Gasteiger partial charge in [-0.15, -0.1) is 0 Å². The van der Waals surface area contributed by atoms with Crippen LogP contribution in [0, 0.1) is 0 Å². The second-order valence-electron chi connectivity index (χ2n) is 3.34. The van der Waals surface area contributed by atoms with Crippen LogP contribution >= 0.6 is 0 Å². The summed E-state index contributed by atoms with van der Waals surface area (Å²) in [5.41, 5.74) is 0. The summed E-state index contributed by atoms with van der Waals surface area (Å²) in [5, 5.41) is 2.79. The Kier molecular flexibility index (Phi) is 3.24. The van der Waals surface area contributed by atoms with Gasteiger partial charge in [-0.2, -0.15) is 0 Å². The van der Waals surface area contributed by atoms with E-state index in [2.05, 4.69) is 5.32 Å². The molecule has 1 N–H and O–H groups in total. The van der Waals surface area contributed by atoms with Gasteiger partial charge >= 0.3 is 6.03 Å². The number of ether oxygens (including phenoxy) is 1. The molecule has 2 rings (SSSR count). The molecule has 0 radical (unpaired) electrons. The Bertz CT molecular complexity index is 304. The van der Waals surface area contributed by atoms with Crippen molar-refractivity contribution in [3.63, 3.8) is 0 Å². The molecule has 5 nitrogen and oxygen atoms in total. The zero-order valence-corrected chi connectivity index (χ0v) is 8.44. The molecular formula is C10H14N2O3. The van der Waals surface area contributed by atoms with Crippen LogP contribution in [0.15, 0.2) is 22.8 Å². The van der Waals surface area contributed by atoms with Crippen molar-refractivity contribution in [2.24, 2.45) is 0 Å². The number of nitrogens with zero attached hydrogens (tertiary/aromatic N) is 1. The summed E-state index contributed by atoms with van der Waals surface area (Å²) in [6.45, 7) is 2.99. The van der Waals surface area contributed by atoms with Crippen LogP contribution in [-0.4, -0.2) is 37.2 Å². The molecule has 1 saturated heterocycles. The average molecular weight is 210 g/mol. The number of rotatable bonds is 2. The summed E-state index contributed by atoms with van der Waals surface area (Å²) in [6, 6.07) is 3.57. The van der Waals surface area contributed by atoms with Gasteiger partial charge in [0.05, 0.1) is 26.0 Å². The van der Waals surface area contributed by atoms with Gasteiger partial charge in [-0.25, -0.2) is 4.79 Å². The van der Waals surface area contributed by atoms with Crippen molar-refractivity contribution in [1.29, 1.82) is 0 Å². The number of hydrogen-bond acceptors (Lipinski definition) is 3. The molecule has 1 aromatic heterocycles. The first kappa shape index (κ1) is 10.0. The first-order valence-corrected chi connectivity index (χ1v) is 4.99. The fraction of sp³-hybridized carbons (Fsp3) is 0.500. The molecule has 15 heavy (non-hydrogen) atoms. The number of carbonyl (C=O) groups is 1. The van der Waals surface area contributed by atoms with Crippen LogP contribution in [0.25, 0.3) is 0 Å². The Labute approximate surface area is 88.0 Å². The molecule has 5 heteroatoms. The number of furan rings is 1. The maximum Gasteiger partial charge on any atom is 0.317 e. The Morgan fingerprint density at radius 2 is 2.27 bits per heavy atom.